The second-order valence-corrected chi connectivity index (χ2v) is 2.80. The van der Waals surface area contributed by atoms with Crippen LogP contribution in [0.15, 0.2) is 12.1 Å². The molecule has 0 bridgehead atoms. The SMILES string of the molecule is Nc1c(Cl)ccc(Cl)c1OC=O. The lowest BCUT2D eigenvalue weighted by atomic mass is 10.3. The van der Waals surface area contributed by atoms with E-state index < -0.39 is 0 Å². The molecule has 0 atom stereocenters. The molecule has 12 heavy (non-hydrogen) atoms. The van der Waals surface area contributed by atoms with Crippen molar-refractivity contribution in [2.75, 3.05) is 5.73 Å². The Morgan fingerprint density at radius 3 is 2.50 bits per heavy atom. The van der Waals surface area contributed by atoms with Crippen molar-refractivity contribution in [3.8, 4) is 5.75 Å². The number of carbonyl (C=O) groups excluding carboxylic acids is 1. The number of halogens is 2. The van der Waals surface area contributed by atoms with E-state index >= 15 is 0 Å². The molecular formula is C7H5Cl2NO2. The van der Waals surface area contributed by atoms with Crippen molar-refractivity contribution in [1.82, 2.24) is 0 Å². The maximum atomic E-state index is 10.0. The molecule has 0 saturated carbocycles. The summed E-state index contributed by atoms with van der Waals surface area (Å²) in [5, 5.41) is 0.556. The largest absolute Gasteiger partial charge is 0.425 e. The maximum Gasteiger partial charge on any atom is 0.298 e. The summed E-state index contributed by atoms with van der Waals surface area (Å²) in [5.41, 5.74) is 5.63. The molecule has 0 heterocycles. The van der Waals surface area contributed by atoms with E-state index in [4.69, 9.17) is 28.9 Å². The number of ether oxygens (including phenoxy) is 1. The van der Waals surface area contributed by atoms with Crippen LogP contribution >= 0.6 is 23.2 Å². The lowest BCUT2D eigenvalue weighted by Gasteiger charge is -2.05. The van der Waals surface area contributed by atoms with Gasteiger partial charge in [0.25, 0.3) is 6.47 Å². The molecule has 1 aromatic rings. The van der Waals surface area contributed by atoms with Crippen LogP contribution in [0.4, 0.5) is 5.69 Å². The van der Waals surface area contributed by atoms with Crippen LogP contribution in [-0.2, 0) is 4.79 Å². The third kappa shape index (κ3) is 1.62. The fraction of sp³-hybridized carbons (Fsp3) is 0. The quantitative estimate of drug-likeness (QED) is 0.595. The average Bonchev–Trinajstić information content (AvgIpc) is 2.06. The first-order chi connectivity index (χ1) is 5.66. The van der Waals surface area contributed by atoms with Crippen molar-refractivity contribution in [2.45, 2.75) is 0 Å². The third-order valence-corrected chi connectivity index (χ3v) is 1.89. The van der Waals surface area contributed by atoms with Crippen molar-refractivity contribution in [2.24, 2.45) is 0 Å². The fourth-order valence-corrected chi connectivity index (χ4v) is 1.07. The van der Waals surface area contributed by atoms with Crippen molar-refractivity contribution in [3.05, 3.63) is 22.2 Å². The highest BCUT2D eigenvalue weighted by atomic mass is 35.5. The van der Waals surface area contributed by atoms with Gasteiger partial charge < -0.3 is 10.5 Å². The summed E-state index contributed by atoms with van der Waals surface area (Å²) in [6.45, 7) is 0.244. The second kappa shape index (κ2) is 3.65. The number of benzene rings is 1. The van der Waals surface area contributed by atoms with Crippen LogP contribution in [-0.4, -0.2) is 6.47 Å². The van der Waals surface area contributed by atoms with E-state index in [0.29, 0.717) is 5.02 Å². The van der Waals surface area contributed by atoms with Crippen LogP contribution in [0, 0.1) is 0 Å². The van der Waals surface area contributed by atoms with E-state index in [1.807, 2.05) is 0 Å². The van der Waals surface area contributed by atoms with E-state index in [2.05, 4.69) is 4.74 Å². The minimum atomic E-state index is 0.0965. The van der Waals surface area contributed by atoms with E-state index in [0.717, 1.165) is 0 Å². The van der Waals surface area contributed by atoms with Gasteiger partial charge in [-0.2, -0.15) is 0 Å². The number of anilines is 1. The first kappa shape index (κ1) is 9.16. The highest BCUT2D eigenvalue weighted by Crippen LogP contribution is 2.35. The van der Waals surface area contributed by atoms with Gasteiger partial charge >= 0.3 is 0 Å². The van der Waals surface area contributed by atoms with Crippen LogP contribution in [0.5, 0.6) is 5.75 Å². The number of nitrogens with two attached hydrogens (primary N) is 1. The highest BCUT2D eigenvalue weighted by molar-refractivity contribution is 6.36. The molecule has 0 unspecified atom stereocenters. The molecule has 0 spiro atoms. The van der Waals surface area contributed by atoms with Crippen molar-refractivity contribution in [3.63, 3.8) is 0 Å². The smallest absolute Gasteiger partial charge is 0.298 e. The third-order valence-electron chi connectivity index (χ3n) is 1.26. The zero-order valence-electron chi connectivity index (χ0n) is 5.88. The molecule has 0 aliphatic carbocycles. The molecular weight excluding hydrogens is 201 g/mol. The zero-order chi connectivity index (χ0) is 9.14. The van der Waals surface area contributed by atoms with Gasteiger partial charge in [-0.25, -0.2) is 0 Å². The fourth-order valence-electron chi connectivity index (χ4n) is 0.717. The molecule has 2 N–H and O–H groups in total. The van der Waals surface area contributed by atoms with Crippen molar-refractivity contribution >= 4 is 35.4 Å². The van der Waals surface area contributed by atoms with Crippen LogP contribution in [0.3, 0.4) is 0 Å². The molecule has 0 amide bonds. The molecule has 0 aliphatic rings. The predicted octanol–water partition coefficient (Wildman–Crippen LogP) is 2.11. The first-order valence-corrected chi connectivity index (χ1v) is 3.76. The molecule has 0 radical (unpaired) electrons. The molecule has 0 aromatic heterocycles. The molecule has 64 valence electrons. The van der Waals surface area contributed by atoms with Gasteiger partial charge in [-0.1, -0.05) is 23.2 Å². The van der Waals surface area contributed by atoms with Gasteiger partial charge in [-0.15, -0.1) is 0 Å². The molecule has 1 rings (SSSR count). The van der Waals surface area contributed by atoms with Crippen molar-refractivity contribution < 1.29 is 9.53 Å². The number of hydrogen-bond donors (Lipinski definition) is 1. The first-order valence-electron chi connectivity index (χ1n) is 3.00. The van der Waals surface area contributed by atoms with Crippen LogP contribution in [0.1, 0.15) is 0 Å². The Hall–Kier alpha value is -0.930. The Kier molecular flexibility index (Phi) is 2.78. The normalized spacial score (nSPS) is 9.50. The molecule has 0 fully saturated rings. The summed E-state index contributed by atoms with van der Waals surface area (Å²) >= 11 is 11.3. The van der Waals surface area contributed by atoms with Crippen LogP contribution < -0.4 is 10.5 Å². The van der Waals surface area contributed by atoms with Crippen LogP contribution in [0.25, 0.3) is 0 Å². The van der Waals surface area contributed by atoms with Gasteiger partial charge in [0.1, 0.15) is 0 Å². The number of hydrogen-bond acceptors (Lipinski definition) is 3. The van der Waals surface area contributed by atoms with E-state index in [-0.39, 0.29) is 22.9 Å². The monoisotopic (exact) mass is 205 g/mol. The molecule has 1 aromatic carbocycles. The van der Waals surface area contributed by atoms with Gasteiger partial charge in [0.2, 0.25) is 0 Å². The summed E-state index contributed by atoms with van der Waals surface area (Å²) in [6, 6.07) is 3.02. The lowest BCUT2D eigenvalue weighted by molar-refractivity contribution is -0.120. The second-order valence-electron chi connectivity index (χ2n) is 1.99. The highest BCUT2D eigenvalue weighted by Gasteiger charge is 2.08. The van der Waals surface area contributed by atoms with Gasteiger partial charge in [0.15, 0.2) is 5.75 Å². The number of nitrogen functional groups attached to an aromatic ring is 1. The summed E-state index contributed by atoms with van der Waals surface area (Å²) in [6.07, 6.45) is 0. The van der Waals surface area contributed by atoms with Crippen molar-refractivity contribution in [1.29, 1.82) is 0 Å². The minimum Gasteiger partial charge on any atom is -0.425 e. The topological polar surface area (TPSA) is 52.3 Å². The number of carbonyl (C=O) groups is 1. The Labute approximate surface area is 79.0 Å². The summed E-state index contributed by atoms with van der Waals surface area (Å²) in [5.74, 6) is 0.0965. The lowest BCUT2D eigenvalue weighted by Crippen LogP contribution is -1.96. The zero-order valence-corrected chi connectivity index (χ0v) is 7.39. The van der Waals surface area contributed by atoms with Gasteiger partial charge in [0, 0.05) is 0 Å². The molecule has 0 saturated heterocycles. The maximum absolute atomic E-state index is 10.0. The van der Waals surface area contributed by atoms with E-state index in [1.165, 1.54) is 12.1 Å². The summed E-state index contributed by atoms with van der Waals surface area (Å²) in [4.78, 5) is 10.0. The summed E-state index contributed by atoms with van der Waals surface area (Å²) < 4.78 is 4.53. The Morgan fingerprint density at radius 2 is 1.92 bits per heavy atom. The number of rotatable bonds is 2. The van der Waals surface area contributed by atoms with Gasteiger partial charge in [-0.05, 0) is 12.1 Å². The predicted molar refractivity (Wildman–Crippen MR) is 47.6 cm³/mol. The molecule has 0 aliphatic heterocycles. The average molecular weight is 206 g/mol. The standard InChI is InChI=1S/C7H5Cl2NO2/c8-4-1-2-5(9)7(6(4)10)12-3-11/h1-3H,10H2. The van der Waals surface area contributed by atoms with E-state index in [1.54, 1.807) is 0 Å². The molecule has 3 nitrogen and oxygen atoms in total. The van der Waals surface area contributed by atoms with Gasteiger partial charge in [-0.3, -0.25) is 4.79 Å². The molecule has 5 heteroatoms. The van der Waals surface area contributed by atoms with Gasteiger partial charge in [0.05, 0.1) is 15.7 Å². The van der Waals surface area contributed by atoms with E-state index in [9.17, 15) is 4.79 Å². The minimum absolute atomic E-state index is 0.0965. The summed E-state index contributed by atoms with van der Waals surface area (Å²) in [7, 11) is 0. The Balaban J connectivity index is 3.22. The Morgan fingerprint density at radius 1 is 1.33 bits per heavy atom. The Bertz CT molecular complexity index is 315. The van der Waals surface area contributed by atoms with Crippen LogP contribution in [0.2, 0.25) is 10.0 Å².